The number of thioether (sulfide) groups is 1. The third-order valence-corrected chi connectivity index (χ3v) is 6.15. The van der Waals surface area contributed by atoms with E-state index in [2.05, 4.69) is 21.0 Å². The zero-order chi connectivity index (χ0) is 21.6. The number of hydrazine groups is 1. The van der Waals surface area contributed by atoms with Gasteiger partial charge >= 0.3 is 0 Å². The van der Waals surface area contributed by atoms with Crippen molar-refractivity contribution in [1.29, 1.82) is 0 Å². The zero-order valence-electron chi connectivity index (χ0n) is 16.6. The molecule has 2 amide bonds. The van der Waals surface area contributed by atoms with Crippen LogP contribution < -0.4 is 10.9 Å². The molecule has 2 N–H and O–H groups in total. The molecule has 0 radical (unpaired) electrons. The van der Waals surface area contributed by atoms with E-state index in [0.29, 0.717) is 15.9 Å². The van der Waals surface area contributed by atoms with Crippen LogP contribution in [0.4, 0.5) is 0 Å². The highest BCUT2D eigenvalue weighted by atomic mass is 32.2. The van der Waals surface area contributed by atoms with Crippen LogP contribution in [-0.4, -0.2) is 32.3 Å². The molecule has 0 atom stereocenters. The van der Waals surface area contributed by atoms with E-state index in [0.717, 1.165) is 16.8 Å². The molecule has 0 aliphatic heterocycles. The summed E-state index contributed by atoms with van der Waals surface area (Å²) in [5.41, 5.74) is 7.83. The second kappa shape index (κ2) is 9.59. The average molecular weight is 450 g/mol. The monoisotopic (exact) mass is 449 g/mol. The Morgan fingerprint density at radius 1 is 0.968 bits per heavy atom. The number of benzene rings is 2. The van der Waals surface area contributed by atoms with Crippen molar-refractivity contribution in [2.75, 3.05) is 5.75 Å². The maximum Gasteiger partial charge on any atom is 0.279 e. The zero-order valence-corrected chi connectivity index (χ0v) is 18.2. The average Bonchev–Trinajstić information content (AvgIpc) is 3.48. The van der Waals surface area contributed by atoms with Crippen LogP contribution in [0.25, 0.3) is 17.1 Å². The van der Waals surface area contributed by atoms with Crippen molar-refractivity contribution < 1.29 is 9.59 Å². The molecule has 31 heavy (non-hydrogen) atoms. The predicted octanol–water partition coefficient (Wildman–Crippen LogP) is 3.86. The highest BCUT2D eigenvalue weighted by Crippen LogP contribution is 2.28. The summed E-state index contributed by atoms with van der Waals surface area (Å²) in [6, 6.07) is 21.3. The highest BCUT2D eigenvalue weighted by Gasteiger charge is 2.17. The molecule has 0 aliphatic rings. The van der Waals surface area contributed by atoms with Gasteiger partial charge in [-0.3, -0.25) is 25.0 Å². The van der Waals surface area contributed by atoms with Crippen molar-refractivity contribution in [3.05, 3.63) is 82.6 Å². The molecule has 7 nitrogen and oxygen atoms in total. The number of carbonyl (C=O) groups is 2. The van der Waals surface area contributed by atoms with Crippen LogP contribution in [0, 0.1) is 6.92 Å². The highest BCUT2D eigenvalue weighted by molar-refractivity contribution is 7.99. The maximum absolute atomic E-state index is 12.3. The normalized spacial score (nSPS) is 10.6. The number of aryl methyl sites for hydroxylation is 1. The lowest BCUT2D eigenvalue weighted by molar-refractivity contribution is -0.119. The van der Waals surface area contributed by atoms with Gasteiger partial charge in [0, 0.05) is 11.3 Å². The van der Waals surface area contributed by atoms with Gasteiger partial charge in [0.1, 0.15) is 0 Å². The van der Waals surface area contributed by atoms with Crippen molar-refractivity contribution in [2.45, 2.75) is 12.1 Å². The molecule has 4 rings (SSSR count). The van der Waals surface area contributed by atoms with Gasteiger partial charge in [0.15, 0.2) is 11.0 Å². The van der Waals surface area contributed by atoms with Crippen LogP contribution in [0.3, 0.4) is 0 Å². The van der Waals surface area contributed by atoms with E-state index in [1.54, 1.807) is 17.5 Å². The van der Waals surface area contributed by atoms with Crippen LogP contribution in [0.15, 0.2) is 77.3 Å². The van der Waals surface area contributed by atoms with Gasteiger partial charge in [-0.2, -0.15) is 0 Å². The number of hydrogen-bond acceptors (Lipinski definition) is 6. The summed E-state index contributed by atoms with van der Waals surface area (Å²) >= 11 is 2.55. The van der Waals surface area contributed by atoms with E-state index in [9.17, 15) is 9.59 Å². The molecule has 0 fully saturated rings. The fraction of sp³-hybridized carbons (Fsp3) is 0.0909. The second-order valence-corrected chi connectivity index (χ2v) is 8.50. The Morgan fingerprint density at radius 3 is 2.45 bits per heavy atom. The first-order valence-corrected chi connectivity index (χ1v) is 11.3. The van der Waals surface area contributed by atoms with Crippen molar-refractivity contribution in [1.82, 2.24) is 25.6 Å². The Hall–Kier alpha value is -3.43. The van der Waals surface area contributed by atoms with E-state index < -0.39 is 0 Å². The Balaban J connectivity index is 1.50. The minimum Gasteiger partial charge on any atom is -0.272 e. The standard InChI is InChI=1S/C22H19N5O2S2/c1-15-9-11-17(12-10-15)27-20(16-6-3-2-4-7-16)24-26-22(27)31-14-19(28)23-25-21(29)18-8-5-13-30-18/h2-13H,14H2,1H3,(H,23,28)(H,25,29). The molecule has 4 aromatic rings. The SMILES string of the molecule is Cc1ccc(-n2c(SCC(=O)NNC(=O)c3cccs3)nnc2-c2ccccc2)cc1. The molecule has 2 aromatic heterocycles. The quantitative estimate of drug-likeness (QED) is 0.345. The summed E-state index contributed by atoms with van der Waals surface area (Å²) in [5, 5.41) is 11.1. The van der Waals surface area contributed by atoms with Crippen molar-refractivity contribution in [2.24, 2.45) is 0 Å². The van der Waals surface area contributed by atoms with E-state index >= 15 is 0 Å². The predicted molar refractivity (Wildman–Crippen MR) is 122 cm³/mol. The maximum atomic E-state index is 12.3. The summed E-state index contributed by atoms with van der Waals surface area (Å²) in [5.74, 6) is 0.0827. The van der Waals surface area contributed by atoms with Crippen molar-refractivity contribution >= 4 is 34.9 Å². The number of nitrogens with one attached hydrogen (secondary N) is 2. The van der Waals surface area contributed by atoms with Gasteiger partial charge < -0.3 is 0 Å². The summed E-state index contributed by atoms with van der Waals surface area (Å²) < 4.78 is 1.93. The van der Waals surface area contributed by atoms with Crippen LogP contribution in [0.2, 0.25) is 0 Å². The lowest BCUT2D eigenvalue weighted by Crippen LogP contribution is -2.42. The van der Waals surface area contributed by atoms with E-state index in [-0.39, 0.29) is 17.6 Å². The van der Waals surface area contributed by atoms with Crippen molar-refractivity contribution in [3.8, 4) is 17.1 Å². The molecule has 2 heterocycles. The molecule has 0 unspecified atom stereocenters. The van der Waals surface area contributed by atoms with Gasteiger partial charge in [-0.1, -0.05) is 65.9 Å². The summed E-state index contributed by atoms with van der Waals surface area (Å²) in [7, 11) is 0. The number of amides is 2. The largest absolute Gasteiger partial charge is 0.279 e. The lowest BCUT2D eigenvalue weighted by atomic mass is 10.2. The minimum absolute atomic E-state index is 0.0729. The minimum atomic E-state index is -0.345. The summed E-state index contributed by atoms with van der Waals surface area (Å²) in [6.07, 6.45) is 0. The van der Waals surface area contributed by atoms with E-state index in [4.69, 9.17) is 0 Å². The summed E-state index contributed by atoms with van der Waals surface area (Å²) in [4.78, 5) is 24.7. The van der Waals surface area contributed by atoms with Gasteiger partial charge in [0.05, 0.1) is 10.6 Å². The molecule has 0 saturated carbocycles. The molecular formula is C22H19N5O2S2. The molecule has 0 bridgehead atoms. The van der Waals surface area contributed by atoms with Gasteiger partial charge in [-0.25, -0.2) is 0 Å². The molecule has 0 spiro atoms. The van der Waals surface area contributed by atoms with Gasteiger partial charge in [-0.15, -0.1) is 21.5 Å². The van der Waals surface area contributed by atoms with E-state index in [1.165, 1.54) is 23.1 Å². The molecule has 0 saturated heterocycles. The lowest BCUT2D eigenvalue weighted by Gasteiger charge is -2.11. The van der Waals surface area contributed by atoms with Gasteiger partial charge in [0.2, 0.25) is 5.91 Å². The number of thiophene rings is 1. The molecular weight excluding hydrogens is 430 g/mol. The van der Waals surface area contributed by atoms with Gasteiger partial charge in [-0.05, 0) is 30.5 Å². The third kappa shape index (κ3) is 5.01. The van der Waals surface area contributed by atoms with Gasteiger partial charge in [0.25, 0.3) is 5.91 Å². The summed E-state index contributed by atoms with van der Waals surface area (Å²) in [6.45, 7) is 2.03. The smallest absolute Gasteiger partial charge is 0.272 e. The first-order valence-electron chi connectivity index (χ1n) is 9.45. The topological polar surface area (TPSA) is 88.9 Å². The Morgan fingerprint density at radius 2 is 1.74 bits per heavy atom. The first kappa shape index (κ1) is 20.8. The first-order chi connectivity index (χ1) is 15.1. The molecule has 9 heteroatoms. The Labute approximate surface area is 187 Å². The van der Waals surface area contributed by atoms with E-state index in [1.807, 2.05) is 66.1 Å². The molecule has 2 aromatic carbocycles. The third-order valence-electron chi connectivity index (χ3n) is 4.35. The Kier molecular flexibility index (Phi) is 6.44. The second-order valence-electron chi connectivity index (χ2n) is 6.61. The van der Waals surface area contributed by atoms with Crippen LogP contribution in [0.1, 0.15) is 15.2 Å². The van der Waals surface area contributed by atoms with Crippen LogP contribution in [-0.2, 0) is 4.79 Å². The van der Waals surface area contributed by atoms with Crippen LogP contribution >= 0.6 is 23.1 Å². The number of nitrogens with zero attached hydrogens (tertiary/aromatic N) is 3. The number of hydrogen-bond donors (Lipinski definition) is 2. The van der Waals surface area contributed by atoms with Crippen LogP contribution in [0.5, 0.6) is 0 Å². The number of aromatic nitrogens is 3. The molecule has 0 aliphatic carbocycles. The fourth-order valence-electron chi connectivity index (χ4n) is 2.83. The fourth-order valence-corrected chi connectivity index (χ4v) is 4.20. The van der Waals surface area contributed by atoms with Crippen molar-refractivity contribution in [3.63, 3.8) is 0 Å². The number of carbonyl (C=O) groups excluding carboxylic acids is 2. The Bertz CT molecular complexity index is 1170. The number of rotatable bonds is 6. The molecule has 156 valence electrons.